The summed E-state index contributed by atoms with van der Waals surface area (Å²) in [5, 5.41) is -0.300. The van der Waals surface area contributed by atoms with Crippen molar-refractivity contribution in [2.45, 2.75) is 38.5 Å². The standard InChI is InChI=1S/C18H20ClF/c1-3-4-5-14-7-9-15(10-8-14)18(19)17-12-16(20)11-6-13(17)2/h6-12,18H,3-5H2,1-2H3. The van der Waals surface area contributed by atoms with Gasteiger partial charge in [0.15, 0.2) is 0 Å². The lowest BCUT2D eigenvalue weighted by atomic mass is 9.98. The van der Waals surface area contributed by atoms with E-state index in [0.717, 1.165) is 23.1 Å². The Morgan fingerprint density at radius 1 is 1.10 bits per heavy atom. The number of hydrogen-bond acceptors (Lipinski definition) is 0. The van der Waals surface area contributed by atoms with Gasteiger partial charge in [0.1, 0.15) is 5.82 Å². The van der Waals surface area contributed by atoms with E-state index in [4.69, 9.17) is 11.6 Å². The van der Waals surface area contributed by atoms with Crippen LogP contribution in [0.4, 0.5) is 4.39 Å². The molecule has 2 aromatic carbocycles. The molecule has 2 heteroatoms. The van der Waals surface area contributed by atoms with Gasteiger partial charge in [-0.05, 0) is 54.2 Å². The average molecular weight is 291 g/mol. The highest BCUT2D eigenvalue weighted by Crippen LogP contribution is 2.31. The Morgan fingerprint density at radius 2 is 1.80 bits per heavy atom. The van der Waals surface area contributed by atoms with Crippen LogP contribution in [0.25, 0.3) is 0 Å². The van der Waals surface area contributed by atoms with Crippen molar-refractivity contribution in [2.24, 2.45) is 0 Å². The SMILES string of the molecule is CCCCc1ccc(C(Cl)c2cc(F)ccc2C)cc1. The first-order valence-corrected chi connectivity index (χ1v) is 7.54. The molecule has 0 spiro atoms. The summed E-state index contributed by atoms with van der Waals surface area (Å²) >= 11 is 6.50. The van der Waals surface area contributed by atoms with Crippen LogP contribution >= 0.6 is 11.6 Å². The molecule has 20 heavy (non-hydrogen) atoms. The van der Waals surface area contributed by atoms with E-state index in [1.807, 2.05) is 19.1 Å². The monoisotopic (exact) mass is 290 g/mol. The van der Waals surface area contributed by atoms with Gasteiger partial charge in [-0.25, -0.2) is 4.39 Å². The van der Waals surface area contributed by atoms with E-state index in [-0.39, 0.29) is 11.2 Å². The van der Waals surface area contributed by atoms with Gasteiger partial charge >= 0.3 is 0 Å². The summed E-state index contributed by atoms with van der Waals surface area (Å²) in [6.07, 6.45) is 3.50. The zero-order chi connectivity index (χ0) is 14.5. The van der Waals surface area contributed by atoms with E-state index in [1.165, 1.54) is 30.5 Å². The zero-order valence-electron chi connectivity index (χ0n) is 12.0. The number of benzene rings is 2. The third-order valence-corrected chi connectivity index (χ3v) is 4.09. The Kier molecular flexibility index (Phi) is 5.19. The maximum Gasteiger partial charge on any atom is 0.123 e. The van der Waals surface area contributed by atoms with Crippen LogP contribution < -0.4 is 0 Å². The fourth-order valence-electron chi connectivity index (χ4n) is 2.30. The molecular formula is C18H20ClF. The van der Waals surface area contributed by atoms with Gasteiger partial charge in [-0.3, -0.25) is 0 Å². The van der Waals surface area contributed by atoms with Crippen LogP contribution in [0.3, 0.4) is 0 Å². The van der Waals surface area contributed by atoms with Gasteiger partial charge in [0.2, 0.25) is 0 Å². The molecule has 1 unspecified atom stereocenters. The Labute approximate surface area is 125 Å². The summed E-state index contributed by atoms with van der Waals surface area (Å²) in [6.45, 7) is 4.15. The number of aryl methyl sites for hydroxylation is 2. The van der Waals surface area contributed by atoms with E-state index < -0.39 is 0 Å². The molecule has 0 aliphatic carbocycles. The van der Waals surface area contributed by atoms with Crippen molar-refractivity contribution in [1.29, 1.82) is 0 Å². The van der Waals surface area contributed by atoms with Crippen LogP contribution in [-0.2, 0) is 6.42 Å². The number of hydrogen-bond donors (Lipinski definition) is 0. The summed E-state index contributed by atoms with van der Waals surface area (Å²) in [5.41, 5.74) is 4.20. The highest BCUT2D eigenvalue weighted by Gasteiger charge is 2.14. The highest BCUT2D eigenvalue weighted by atomic mass is 35.5. The van der Waals surface area contributed by atoms with Crippen LogP contribution in [-0.4, -0.2) is 0 Å². The van der Waals surface area contributed by atoms with Crippen molar-refractivity contribution in [2.75, 3.05) is 0 Å². The molecule has 0 saturated heterocycles. The lowest BCUT2D eigenvalue weighted by Crippen LogP contribution is -1.98. The maximum absolute atomic E-state index is 13.4. The van der Waals surface area contributed by atoms with Gasteiger partial charge in [0.25, 0.3) is 0 Å². The second-order valence-electron chi connectivity index (χ2n) is 5.21. The van der Waals surface area contributed by atoms with E-state index >= 15 is 0 Å². The number of alkyl halides is 1. The molecule has 1 atom stereocenters. The first-order valence-electron chi connectivity index (χ1n) is 7.10. The molecule has 0 radical (unpaired) electrons. The van der Waals surface area contributed by atoms with Crippen molar-refractivity contribution >= 4 is 11.6 Å². The minimum absolute atomic E-state index is 0.240. The largest absolute Gasteiger partial charge is 0.207 e. The topological polar surface area (TPSA) is 0 Å². The van der Waals surface area contributed by atoms with Crippen molar-refractivity contribution < 1.29 is 4.39 Å². The first-order chi connectivity index (χ1) is 9.61. The Balaban J connectivity index is 2.20. The highest BCUT2D eigenvalue weighted by molar-refractivity contribution is 6.22. The summed E-state index contributed by atoms with van der Waals surface area (Å²) in [4.78, 5) is 0. The maximum atomic E-state index is 13.4. The molecule has 0 aliphatic heterocycles. The Bertz CT molecular complexity index is 560. The van der Waals surface area contributed by atoms with Crippen molar-refractivity contribution in [1.82, 2.24) is 0 Å². The fourth-order valence-corrected chi connectivity index (χ4v) is 2.68. The number of rotatable bonds is 5. The van der Waals surface area contributed by atoms with Crippen molar-refractivity contribution in [3.05, 3.63) is 70.5 Å². The lowest BCUT2D eigenvalue weighted by molar-refractivity contribution is 0.625. The van der Waals surface area contributed by atoms with Gasteiger partial charge in [0.05, 0.1) is 5.38 Å². The molecule has 0 amide bonds. The van der Waals surface area contributed by atoms with Crippen LogP contribution in [0, 0.1) is 12.7 Å². The van der Waals surface area contributed by atoms with Gasteiger partial charge in [-0.1, -0.05) is 43.7 Å². The Hall–Kier alpha value is -1.34. The molecule has 0 heterocycles. The second kappa shape index (κ2) is 6.90. The molecule has 106 valence electrons. The third-order valence-electron chi connectivity index (χ3n) is 3.61. The van der Waals surface area contributed by atoms with Gasteiger partial charge in [-0.15, -0.1) is 11.6 Å². The minimum Gasteiger partial charge on any atom is -0.207 e. The van der Waals surface area contributed by atoms with Gasteiger partial charge in [0, 0.05) is 0 Å². The van der Waals surface area contributed by atoms with Crippen LogP contribution in [0.15, 0.2) is 42.5 Å². The first kappa shape index (κ1) is 15.1. The van der Waals surface area contributed by atoms with Crippen LogP contribution in [0.1, 0.15) is 47.4 Å². The predicted octanol–water partition coefficient (Wildman–Crippen LogP) is 5.80. The molecule has 2 aromatic rings. The summed E-state index contributed by atoms with van der Waals surface area (Å²) < 4.78 is 13.4. The van der Waals surface area contributed by atoms with E-state index in [2.05, 4.69) is 19.1 Å². The zero-order valence-corrected chi connectivity index (χ0v) is 12.8. The molecule has 0 N–H and O–H groups in total. The molecule has 0 fully saturated rings. The molecule has 0 bridgehead atoms. The third kappa shape index (κ3) is 3.61. The lowest BCUT2D eigenvalue weighted by Gasteiger charge is -2.14. The fraction of sp³-hybridized carbons (Fsp3) is 0.333. The van der Waals surface area contributed by atoms with E-state index in [9.17, 15) is 4.39 Å². The average Bonchev–Trinajstić information content (AvgIpc) is 2.47. The van der Waals surface area contributed by atoms with Crippen molar-refractivity contribution in [3.63, 3.8) is 0 Å². The van der Waals surface area contributed by atoms with E-state index in [0.29, 0.717) is 0 Å². The number of unbranched alkanes of at least 4 members (excludes halogenated alkanes) is 1. The Morgan fingerprint density at radius 3 is 2.45 bits per heavy atom. The second-order valence-corrected chi connectivity index (χ2v) is 5.65. The van der Waals surface area contributed by atoms with E-state index in [1.54, 1.807) is 6.07 Å². The molecule has 0 aliphatic rings. The summed E-state index contributed by atoms with van der Waals surface area (Å²) in [6, 6.07) is 13.1. The smallest absolute Gasteiger partial charge is 0.123 e. The van der Waals surface area contributed by atoms with Crippen LogP contribution in [0.5, 0.6) is 0 Å². The van der Waals surface area contributed by atoms with Crippen LogP contribution in [0.2, 0.25) is 0 Å². The number of halogens is 2. The van der Waals surface area contributed by atoms with Gasteiger partial charge in [-0.2, -0.15) is 0 Å². The molecule has 2 rings (SSSR count). The van der Waals surface area contributed by atoms with Gasteiger partial charge < -0.3 is 0 Å². The minimum atomic E-state index is -0.300. The molecular weight excluding hydrogens is 271 g/mol. The molecule has 0 saturated carbocycles. The molecule has 0 aromatic heterocycles. The normalized spacial score (nSPS) is 12.4. The van der Waals surface area contributed by atoms with Crippen molar-refractivity contribution in [3.8, 4) is 0 Å². The summed E-state index contributed by atoms with van der Waals surface area (Å²) in [5.74, 6) is -0.240. The summed E-state index contributed by atoms with van der Waals surface area (Å²) in [7, 11) is 0. The molecule has 0 nitrogen and oxygen atoms in total. The predicted molar refractivity (Wildman–Crippen MR) is 83.9 cm³/mol. The quantitative estimate of drug-likeness (QED) is 0.610.